The molecule has 0 aliphatic carbocycles. The van der Waals surface area contributed by atoms with E-state index in [0.29, 0.717) is 18.7 Å². The van der Waals surface area contributed by atoms with Crippen LogP contribution in [-0.2, 0) is 11.8 Å². The molecule has 96 valence electrons. The van der Waals surface area contributed by atoms with Crippen molar-refractivity contribution in [2.45, 2.75) is 0 Å². The molecule has 0 fully saturated rings. The minimum Gasteiger partial charge on any atom is -0.383 e. The van der Waals surface area contributed by atoms with Crippen LogP contribution in [0.1, 0.15) is 10.4 Å². The maximum Gasteiger partial charge on any atom is 0.255 e. The fourth-order valence-electron chi connectivity index (χ4n) is 1.89. The van der Waals surface area contributed by atoms with E-state index < -0.39 is 0 Å². The molecule has 0 radical (unpaired) electrons. The lowest BCUT2D eigenvalue weighted by Gasteiger charge is -2.16. The number of likely N-dealkylation sites (N-methyl/N-ethyl adjacent to an activating group) is 1. The van der Waals surface area contributed by atoms with E-state index >= 15 is 0 Å². The maximum atomic E-state index is 12.3. The van der Waals surface area contributed by atoms with Crippen molar-refractivity contribution in [2.24, 2.45) is 7.05 Å². The first-order chi connectivity index (χ1) is 8.65. The highest BCUT2D eigenvalue weighted by Gasteiger charge is 2.15. The number of pyridine rings is 1. The minimum atomic E-state index is -0.0312. The number of amides is 1. The first kappa shape index (κ1) is 12.6. The normalized spacial score (nSPS) is 10.8. The fraction of sp³-hybridized carbons (Fsp3) is 0.385. The van der Waals surface area contributed by atoms with Gasteiger partial charge in [0.05, 0.1) is 23.9 Å². The summed E-state index contributed by atoms with van der Waals surface area (Å²) in [5, 5.41) is 0.932. The van der Waals surface area contributed by atoms with Crippen molar-refractivity contribution in [1.82, 2.24) is 14.5 Å². The van der Waals surface area contributed by atoms with Gasteiger partial charge in [0, 0.05) is 45.5 Å². The molecule has 18 heavy (non-hydrogen) atoms. The van der Waals surface area contributed by atoms with E-state index in [1.807, 2.05) is 23.9 Å². The van der Waals surface area contributed by atoms with Gasteiger partial charge in [-0.15, -0.1) is 0 Å². The number of carbonyl (C=O) groups excluding carboxylic acids is 1. The predicted molar refractivity (Wildman–Crippen MR) is 69.6 cm³/mol. The number of aryl methyl sites for hydroxylation is 1. The highest BCUT2D eigenvalue weighted by atomic mass is 16.5. The van der Waals surface area contributed by atoms with Crippen LogP contribution in [0, 0.1) is 0 Å². The molecule has 2 rings (SSSR count). The number of hydrogen-bond acceptors (Lipinski definition) is 3. The maximum absolute atomic E-state index is 12.3. The van der Waals surface area contributed by atoms with Crippen molar-refractivity contribution >= 4 is 16.8 Å². The van der Waals surface area contributed by atoms with Crippen molar-refractivity contribution in [3.8, 4) is 0 Å². The number of ether oxygens (including phenoxy) is 1. The summed E-state index contributed by atoms with van der Waals surface area (Å²) in [5.41, 5.74) is 1.59. The third kappa shape index (κ3) is 2.22. The molecular formula is C13H17N3O2. The summed E-state index contributed by atoms with van der Waals surface area (Å²) < 4.78 is 6.93. The van der Waals surface area contributed by atoms with E-state index in [4.69, 9.17) is 4.74 Å². The molecule has 5 nitrogen and oxygen atoms in total. The zero-order valence-electron chi connectivity index (χ0n) is 10.9. The number of hydrogen-bond donors (Lipinski definition) is 0. The van der Waals surface area contributed by atoms with E-state index in [9.17, 15) is 4.79 Å². The Morgan fingerprint density at radius 2 is 2.28 bits per heavy atom. The Bertz CT molecular complexity index is 562. The van der Waals surface area contributed by atoms with Gasteiger partial charge in [-0.1, -0.05) is 0 Å². The second-order valence-corrected chi connectivity index (χ2v) is 4.27. The summed E-state index contributed by atoms with van der Waals surface area (Å²) in [6, 6.07) is 1.94. The highest BCUT2D eigenvalue weighted by molar-refractivity contribution is 6.05. The van der Waals surface area contributed by atoms with Gasteiger partial charge in [-0.05, 0) is 6.07 Å². The number of rotatable bonds is 4. The molecule has 0 saturated heterocycles. The predicted octanol–water partition coefficient (Wildman–Crippen LogP) is 1.29. The van der Waals surface area contributed by atoms with Crippen LogP contribution in [0.2, 0.25) is 0 Å². The van der Waals surface area contributed by atoms with Crippen molar-refractivity contribution in [3.05, 3.63) is 30.2 Å². The van der Waals surface area contributed by atoms with Crippen molar-refractivity contribution in [3.63, 3.8) is 0 Å². The number of aromatic nitrogens is 2. The summed E-state index contributed by atoms with van der Waals surface area (Å²) in [7, 11) is 5.33. The largest absolute Gasteiger partial charge is 0.383 e. The Hall–Kier alpha value is -1.88. The molecule has 2 heterocycles. The lowest BCUT2D eigenvalue weighted by atomic mass is 10.1. The van der Waals surface area contributed by atoms with Crippen LogP contribution >= 0.6 is 0 Å². The van der Waals surface area contributed by atoms with Gasteiger partial charge in [-0.2, -0.15) is 0 Å². The third-order valence-corrected chi connectivity index (χ3v) is 3.02. The summed E-state index contributed by atoms with van der Waals surface area (Å²) in [6.45, 7) is 1.10. The molecule has 0 N–H and O–H groups in total. The molecule has 5 heteroatoms. The van der Waals surface area contributed by atoms with Crippen LogP contribution in [0.5, 0.6) is 0 Å². The lowest BCUT2D eigenvalue weighted by molar-refractivity contribution is 0.0746. The van der Waals surface area contributed by atoms with Crippen LogP contribution in [0.3, 0.4) is 0 Å². The van der Waals surface area contributed by atoms with Gasteiger partial charge in [0.1, 0.15) is 0 Å². The Labute approximate surface area is 106 Å². The summed E-state index contributed by atoms with van der Waals surface area (Å²) in [4.78, 5) is 18.1. The molecule has 0 aromatic carbocycles. The second kappa shape index (κ2) is 5.18. The van der Waals surface area contributed by atoms with Crippen LogP contribution < -0.4 is 0 Å². The minimum absolute atomic E-state index is 0.0312. The molecule has 1 amide bonds. The molecule has 2 aromatic rings. The second-order valence-electron chi connectivity index (χ2n) is 4.27. The first-order valence-corrected chi connectivity index (χ1v) is 5.78. The average Bonchev–Trinajstić information content (AvgIpc) is 2.77. The van der Waals surface area contributed by atoms with Gasteiger partial charge in [0.25, 0.3) is 5.91 Å². The van der Waals surface area contributed by atoms with Crippen molar-refractivity contribution in [1.29, 1.82) is 0 Å². The van der Waals surface area contributed by atoms with E-state index in [1.54, 1.807) is 31.5 Å². The van der Waals surface area contributed by atoms with Gasteiger partial charge >= 0.3 is 0 Å². The van der Waals surface area contributed by atoms with Gasteiger partial charge in [-0.3, -0.25) is 9.78 Å². The van der Waals surface area contributed by atoms with Gasteiger partial charge in [0.15, 0.2) is 0 Å². The molecule has 0 unspecified atom stereocenters. The summed E-state index contributed by atoms with van der Waals surface area (Å²) >= 11 is 0. The third-order valence-electron chi connectivity index (χ3n) is 3.02. The highest BCUT2D eigenvalue weighted by Crippen LogP contribution is 2.19. The Balaban J connectivity index is 2.33. The zero-order chi connectivity index (χ0) is 13.1. The molecule has 0 saturated carbocycles. The van der Waals surface area contributed by atoms with Crippen molar-refractivity contribution in [2.75, 3.05) is 27.3 Å². The van der Waals surface area contributed by atoms with E-state index in [0.717, 1.165) is 10.9 Å². The van der Waals surface area contributed by atoms with Crippen LogP contribution in [0.25, 0.3) is 10.9 Å². The number of methoxy groups -OCH3 is 1. The molecule has 0 spiro atoms. The molecule has 0 aliphatic rings. The SMILES string of the molecule is COCCN(C)C(=O)c1cncc2c1ccn2C. The quantitative estimate of drug-likeness (QED) is 0.818. The Kier molecular flexibility index (Phi) is 3.62. The van der Waals surface area contributed by atoms with Crippen molar-refractivity contribution < 1.29 is 9.53 Å². The number of nitrogens with zero attached hydrogens (tertiary/aromatic N) is 3. The van der Waals surface area contributed by atoms with Gasteiger partial charge in [-0.25, -0.2) is 0 Å². The van der Waals surface area contributed by atoms with E-state index in [-0.39, 0.29) is 5.91 Å². The van der Waals surface area contributed by atoms with Gasteiger partial charge in [0.2, 0.25) is 0 Å². The fourth-order valence-corrected chi connectivity index (χ4v) is 1.89. The summed E-state index contributed by atoms with van der Waals surface area (Å²) in [6.07, 6.45) is 5.31. The molecule has 0 bridgehead atoms. The standard InChI is InChI=1S/C13H17N3O2/c1-15-5-4-10-11(8-14-9-12(10)15)13(17)16(2)6-7-18-3/h4-5,8-9H,6-7H2,1-3H3. The molecular weight excluding hydrogens is 230 g/mol. The zero-order valence-corrected chi connectivity index (χ0v) is 10.9. The Morgan fingerprint density at radius 1 is 1.50 bits per heavy atom. The molecule has 0 atom stereocenters. The number of fused-ring (bicyclic) bond motifs is 1. The first-order valence-electron chi connectivity index (χ1n) is 5.78. The number of carbonyl (C=O) groups is 1. The topological polar surface area (TPSA) is 47.4 Å². The van der Waals surface area contributed by atoms with Gasteiger partial charge < -0.3 is 14.2 Å². The average molecular weight is 247 g/mol. The summed E-state index contributed by atoms with van der Waals surface area (Å²) in [5.74, 6) is -0.0312. The van der Waals surface area contributed by atoms with Crippen LogP contribution in [0.4, 0.5) is 0 Å². The van der Waals surface area contributed by atoms with E-state index in [1.165, 1.54) is 0 Å². The lowest BCUT2D eigenvalue weighted by Crippen LogP contribution is -2.30. The molecule has 0 aliphatic heterocycles. The van der Waals surface area contributed by atoms with Crippen LogP contribution in [0.15, 0.2) is 24.7 Å². The Morgan fingerprint density at radius 3 is 3.00 bits per heavy atom. The van der Waals surface area contributed by atoms with E-state index in [2.05, 4.69) is 4.98 Å². The monoisotopic (exact) mass is 247 g/mol. The molecule has 2 aromatic heterocycles. The van der Waals surface area contributed by atoms with Crippen LogP contribution in [-0.4, -0.2) is 47.7 Å². The smallest absolute Gasteiger partial charge is 0.255 e.